The van der Waals surface area contributed by atoms with E-state index in [1.165, 1.54) is 59.9 Å². The fourth-order valence-electron chi connectivity index (χ4n) is 4.22. The minimum Gasteiger partial charge on any atom is -0.378 e. The molecule has 0 saturated carbocycles. The van der Waals surface area contributed by atoms with Gasteiger partial charge in [-0.1, -0.05) is 49.4 Å². The summed E-state index contributed by atoms with van der Waals surface area (Å²) < 4.78 is 5.97. The standard InChI is InChI=1S/C24H35NOS/c1-3-22(25-2)13-15-27-18-19(17-23-11-7-14-26-23)16-21-10-6-9-20-8-4-5-12-24(20)21/h4-6,8-10,12,19,22-23,25H,3,7,11,13-18H2,1-2H3. The van der Waals surface area contributed by atoms with Crippen LogP contribution in [0.2, 0.25) is 0 Å². The molecule has 3 unspecified atom stereocenters. The van der Waals surface area contributed by atoms with Crippen molar-refractivity contribution in [2.75, 3.05) is 25.2 Å². The first-order valence-electron chi connectivity index (χ1n) is 10.6. The number of hydrogen-bond donors (Lipinski definition) is 1. The van der Waals surface area contributed by atoms with Crippen LogP contribution in [0.25, 0.3) is 10.8 Å². The molecule has 1 aliphatic rings. The van der Waals surface area contributed by atoms with Crippen LogP contribution in [0.15, 0.2) is 42.5 Å². The van der Waals surface area contributed by atoms with E-state index in [-0.39, 0.29) is 0 Å². The molecular formula is C24H35NOS. The van der Waals surface area contributed by atoms with Crippen LogP contribution in [-0.4, -0.2) is 37.3 Å². The van der Waals surface area contributed by atoms with Crippen LogP contribution in [0.3, 0.4) is 0 Å². The zero-order valence-electron chi connectivity index (χ0n) is 17.0. The van der Waals surface area contributed by atoms with E-state index >= 15 is 0 Å². The van der Waals surface area contributed by atoms with E-state index in [1.54, 1.807) is 0 Å². The van der Waals surface area contributed by atoms with E-state index < -0.39 is 0 Å². The average molecular weight is 386 g/mol. The molecule has 148 valence electrons. The average Bonchev–Trinajstić information content (AvgIpc) is 3.21. The Morgan fingerprint density at radius 1 is 1.19 bits per heavy atom. The first-order valence-corrected chi connectivity index (χ1v) is 11.8. The van der Waals surface area contributed by atoms with Crippen LogP contribution < -0.4 is 5.32 Å². The minimum atomic E-state index is 0.478. The quantitative estimate of drug-likeness (QED) is 0.502. The monoisotopic (exact) mass is 385 g/mol. The smallest absolute Gasteiger partial charge is 0.0579 e. The zero-order valence-corrected chi connectivity index (χ0v) is 17.8. The van der Waals surface area contributed by atoms with Gasteiger partial charge in [-0.3, -0.25) is 0 Å². The molecule has 1 heterocycles. The third-order valence-electron chi connectivity index (χ3n) is 5.87. The zero-order chi connectivity index (χ0) is 18.9. The van der Waals surface area contributed by atoms with Gasteiger partial charge in [-0.2, -0.15) is 11.8 Å². The largest absolute Gasteiger partial charge is 0.378 e. The normalized spacial score (nSPS) is 19.4. The van der Waals surface area contributed by atoms with Gasteiger partial charge in [0, 0.05) is 12.6 Å². The molecule has 0 aliphatic carbocycles. The van der Waals surface area contributed by atoms with E-state index in [0.717, 1.165) is 13.0 Å². The van der Waals surface area contributed by atoms with E-state index in [4.69, 9.17) is 4.74 Å². The Hall–Kier alpha value is -1.03. The lowest BCUT2D eigenvalue weighted by Gasteiger charge is -2.22. The highest BCUT2D eigenvalue weighted by Crippen LogP contribution is 2.28. The second-order valence-corrected chi connectivity index (χ2v) is 8.99. The van der Waals surface area contributed by atoms with Crippen molar-refractivity contribution >= 4 is 22.5 Å². The molecule has 1 fully saturated rings. The summed E-state index contributed by atoms with van der Waals surface area (Å²) in [6.07, 6.45) is 7.81. The van der Waals surface area contributed by atoms with Crippen LogP contribution >= 0.6 is 11.8 Å². The van der Waals surface area contributed by atoms with Gasteiger partial charge in [0.1, 0.15) is 0 Å². The van der Waals surface area contributed by atoms with E-state index in [1.807, 2.05) is 0 Å². The van der Waals surface area contributed by atoms with Gasteiger partial charge in [0.2, 0.25) is 0 Å². The Morgan fingerprint density at radius 3 is 2.81 bits per heavy atom. The highest BCUT2D eigenvalue weighted by atomic mass is 32.2. The van der Waals surface area contributed by atoms with Crippen molar-refractivity contribution in [2.45, 2.75) is 57.6 Å². The van der Waals surface area contributed by atoms with Crippen molar-refractivity contribution in [3.8, 4) is 0 Å². The third-order valence-corrected chi connectivity index (χ3v) is 7.11. The third kappa shape index (κ3) is 6.23. The van der Waals surface area contributed by atoms with Crippen molar-refractivity contribution in [1.29, 1.82) is 0 Å². The lowest BCUT2D eigenvalue weighted by Crippen LogP contribution is -2.25. The first kappa shape index (κ1) is 20.7. The molecule has 3 atom stereocenters. The topological polar surface area (TPSA) is 21.3 Å². The molecule has 2 aromatic carbocycles. The van der Waals surface area contributed by atoms with Crippen molar-refractivity contribution in [1.82, 2.24) is 5.32 Å². The van der Waals surface area contributed by atoms with E-state index in [9.17, 15) is 0 Å². The Labute approximate surface area is 169 Å². The molecule has 0 spiro atoms. The molecule has 3 rings (SSSR count). The van der Waals surface area contributed by atoms with Gasteiger partial charge in [-0.05, 0) is 79.3 Å². The maximum absolute atomic E-state index is 5.97. The molecule has 1 saturated heterocycles. The molecule has 2 aromatic rings. The van der Waals surface area contributed by atoms with Crippen molar-refractivity contribution in [3.63, 3.8) is 0 Å². The van der Waals surface area contributed by atoms with Crippen molar-refractivity contribution < 1.29 is 4.74 Å². The molecule has 1 N–H and O–H groups in total. The Bertz CT molecular complexity index is 674. The van der Waals surface area contributed by atoms with E-state index in [0.29, 0.717) is 18.1 Å². The summed E-state index contributed by atoms with van der Waals surface area (Å²) in [6, 6.07) is 16.2. The maximum Gasteiger partial charge on any atom is 0.0579 e. The lowest BCUT2D eigenvalue weighted by molar-refractivity contribution is 0.0924. The maximum atomic E-state index is 5.97. The minimum absolute atomic E-state index is 0.478. The van der Waals surface area contributed by atoms with E-state index in [2.05, 4.69) is 73.5 Å². The van der Waals surface area contributed by atoms with Crippen molar-refractivity contribution in [2.24, 2.45) is 5.92 Å². The number of thioether (sulfide) groups is 1. The number of benzene rings is 2. The molecule has 2 nitrogen and oxygen atoms in total. The predicted octanol–water partition coefficient (Wildman–Crippen LogP) is 5.69. The Balaban J connectivity index is 1.62. The lowest BCUT2D eigenvalue weighted by atomic mass is 9.91. The summed E-state index contributed by atoms with van der Waals surface area (Å²) in [7, 11) is 2.08. The van der Waals surface area contributed by atoms with Crippen LogP contribution in [0.1, 0.15) is 44.6 Å². The van der Waals surface area contributed by atoms with Gasteiger partial charge < -0.3 is 10.1 Å². The fraction of sp³-hybridized carbons (Fsp3) is 0.583. The molecule has 0 aromatic heterocycles. The van der Waals surface area contributed by atoms with Crippen LogP contribution in [0.5, 0.6) is 0 Å². The Kier molecular flexibility index (Phi) is 8.50. The molecule has 0 bridgehead atoms. The summed E-state index contributed by atoms with van der Waals surface area (Å²) >= 11 is 2.13. The number of fused-ring (bicyclic) bond motifs is 1. The molecule has 3 heteroatoms. The van der Waals surface area contributed by atoms with Gasteiger partial charge in [0.25, 0.3) is 0 Å². The van der Waals surface area contributed by atoms with Crippen LogP contribution in [0.4, 0.5) is 0 Å². The molecule has 0 radical (unpaired) electrons. The summed E-state index contributed by atoms with van der Waals surface area (Å²) in [5.74, 6) is 3.18. The van der Waals surface area contributed by atoms with Gasteiger partial charge >= 0.3 is 0 Å². The van der Waals surface area contributed by atoms with Gasteiger partial charge in [0.15, 0.2) is 0 Å². The van der Waals surface area contributed by atoms with Crippen LogP contribution in [0, 0.1) is 5.92 Å². The highest BCUT2D eigenvalue weighted by molar-refractivity contribution is 7.99. The van der Waals surface area contributed by atoms with Crippen molar-refractivity contribution in [3.05, 3.63) is 48.0 Å². The second kappa shape index (κ2) is 11.1. The fourth-order valence-corrected chi connectivity index (χ4v) is 5.43. The summed E-state index contributed by atoms with van der Waals surface area (Å²) in [4.78, 5) is 0. The first-order chi connectivity index (χ1) is 13.3. The SMILES string of the molecule is CCC(CCSCC(Cc1cccc2ccccc12)CC1CCCO1)NC. The highest BCUT2D eigenvalue weighted by Gasteiger charge is 2.22. The predicted molar refractivity (Wildman–Crippen MR) is 120 cm³/mol. The molecule has 1 aliphatic heterocycles. The summed E-state index contributed by atoms with van der Waals surface area (Å²) in [6.45, 7) is 3.23. The Morgan fingerprint density at radius 2 is 2.04 bits per heavy atom. The summed E-state index contributed by atoms with van der Waals surface area (Å²) in [5, 5.41) is 6.20. The molecule has 0 amide bonds. The van der Waals surface area contributed by atoms with Gasteiger partial charge in [0.05, 0.1) is 6.10 Å². The molecular weight excluding hydrogens is 350 g/mol. The van der Waals surface area contributed by atoms with Gasteiger partial charge in [-0.15, -0.1) is 0 Å². The van der Waals surface area contributed by atoms with Crippen LogP contribution in [-0.2, 0) is 11.2 Å². The number of rotatable bonds is 11. The number of nitrogens with one attached hydrogen (secondary N) is 1. The summed E-state index contributed by atoms with van der Waals surface area (Å²) in [5.41, 5.74) is 1.50. The molecule has 27 heavy (non-hydrogen) atoms. The second-order valence-electron chi connectivity index (χ2n) is 7.84. The number of hydrogen-bond acceptors (Lipinski definition) is 3. The van der Waals surface area contributed by atoms with Gasteiger partial charge in [-0.25, -0.2) is 0 Å². The number of ether oxygens (including phenoxy) is 1.